The Morgan fingerprint density at radius 1 is 0.875 bits per heavy atom. The summed E-state index contributed by atoms with van der Waals surface area (Å²) in [5.41, 5.74) is 7.82. The minimum Gasteiger partial charge on any atom is -0.480 e. The van der Waals surface area contributed by atoms with Gasteiger partial charge in [-0.2, -0.15) is 4.72 Å². The molecule has 3 rings (SSSR count). The molecular weight excluding hydrogens is 532 g/mol. The van der Waals surface area contributed by atoms with Crippen molar-refractivity contribution in [1.82, 2.24) is 15.4 Å². The van der Waals surface area contributed by atoms with Crippen LogP contribution in [-0.4, -0.2) is 50.1 Å². The zero-order valence-corrected chi connectivity index (χ0v) is 22.6. The third-order valence-corrected chi connectivity index (χ3v) is 7.31. The number of carboxylic acids is 1. The number of aliphatic carboxylic acids is 1. The second-order valence-electron chi connectivity index (χ2n) is 9.00. The first-order valence-electron chi connectivity index (χ1n) is 12.3. The van der Waals surface area contributed by atoms with E-state index in [9.17, 15) is 27.9 Å². The number of urea groups is 1. The van der Waals surface area contributed by atoms with Crippen molar-refractivity contribution in [3.05, 3.63) is 101 Å². The molecule has 40 heavy (non-hydrogen) atoms. The molecule has 10 nitrogen and oxygen atoms in total. The lowest BCUT2D eigenvalue weighted by Crippen LogP contribution is -2.53. The molecule has 0 saturated heterocycles. The topological polar surface area (TPSA) is 168 Å². The second-order valence-corrected chi connectivity index (χ2v) is 10.7. The van der Waals surface area contributed by atoms with Crippen LogP contribution in [0, 0.1) is 18.8 Å². The molecule has 11 heteroatoms. The minimum absolute atomic E-state index is 0.00709. The predicted molar refractivity (Wildman–Crippen MR) is 150 cm³/mol. The lowest BCUT2D eigenvalue weighted by Gasteiger charge is -2.22. The molecule has 0 aliphatic heterocycles. The molecule has 0 aromatic heterocycles. The maximum Gasteiger partial charge on any atom is 0.326 e. The molecule has 0 heterocycles. The van der Waals surface area contributed by atoms with E-state index < -0.39 is 40.0 Å². The fraction of sp³-hybridized carbons (Fsp3) is 0.207. The van der Waals surface area contributed by atoms with E-state index in [4.69, 9.17) is 5.73 Å². The Bertz CT molecular complexity index is 1500. The van der Waals surface area contributed by atoms with Gasteiger partial charge in [-0.05, 0) is 48.7 Å². The van der Waals surface area contributed by atoms with Gasteiger partial charge in [0.15, 0.2) is 0 Å². The van der Waals surface area contributed by atoms with Crippen LogP contribution in [0.5, 0.6) is 0 Å². The zero-order valence-electron chi connectivity index (χ0n) is 21.8. The van der Waals surface area contributed by atoms with E-state index in [1.165, 1.54) is 12.1 Å². The molecule has 3 aromatic carbocycles. The lowest BCUT2D eigenvalue weighted by molar-refractivity contribution is -0.142. The van der Waals surface area contributed by atoms with E-state index in [0.717, 1.165) is 5.56 Å². The molecule has 2 unspecified atom stereocenters. The fourth-order valence-corrected chi connectivity index (χ4v) is 4.92. The summed E-state index contributed by atoms with van der Waals surface area (Å²) < 4.78 is 28.6. The van der Waals surface area contributed by atoms with Crippen LogP contribution in [0.15, 0.2) is 83.8 Å². The summed E-state index contributed by atoms with van der Waals surface area (Å²) in [5, 5.41) is 14.7. The van der Waals surface area contributed by atoms with Gasteiger partial charge in [-0.15, -0.1) is 0 Å². The smallest absolute Gasteiger partial charge is 0.326 e. The molecule has 0 radical (unpaired) electrons. The lowest BCUT2D eigenvalue weighted by atomic mass is 10.0. The summed E-state index contributed by atoms with van der Waals surface area (Å²) in [6.07, 6.45) is -0.0249. The van der Waals surface area contributed by atoms with Gasteiger partial charge in [-0.3, -0.25) is 4.79 Å². The number of hydrogen-bond donors (Lipinski definition) is 5. The van der Waals surface area contributed by atoms with Crippen LogP contribution in [0.2, 0.25) is 0 Å². The molecule has 0 spiro atoms. The highest BCUT2D eigenvalue weighted by molar-refractivity contribution is 7.89. The van der Waals surface area contributed by atoms with Crippen LogP contribution in [-0.2, 0) is 32.5 Å². The summed E-state index contributed by atoms with van der Waals surface area (Å²) in [6, 6.07) is 18.5. The number of nitrogens with two attached hydrogens (primary N) is 1. The number of primary amides is 1. The maximum atomic E-state index is 13.3. The summed E-state index contributed by atoms with van der Waals surface area (Å²) in [5.74, 6) is 3.54. The summed E-state index contributed by atoms with van der Waals surface area (Å²) in [7, 11) is -4.08. The van der Waals surface area contributed by atoms with Crippen molar-refractivity contribution in [3.63, 3.8) is 0 Å². The SMILES string of the molecule is Cc1ccc(S(=O)(=O)NC(Cc2ccccc2)C(=O)NC(Cc2ccc(C#CCNC(N)=O)cc2)C(=O)O)cc1. The molecule has 0 aliphatic rings. The molecule has 208 valence electrons. The normalized spacial score (nSPS) is 12.3. The van der Waals surface area contributed by atoms with Gasteiger partial charge in [0.1, 0.15) is 12.1 Å². The van der Waals surface area contributed by atoms with Gasteiger partial charge in [0.2, 0.25) is 15.9 Å². The first-order chi connectivity index (χ1) is 19.0. The van der Waals surface area contributed by atoms with Gasteiger partial charge in [0.05, 0.1) is 11.4 Å². The summed E-state index contributed by atoms with van der Waals surface area (Å²) >= 11 is 0. The van der Waals surface area contributed by atoms with Gasteiger partial charge in [-0.25, -0.2) is 18.0 Å². The quantitative estimate of drug-likeness (QED) is 0.223. The van der Waals surface area contributed by atoms with Crippen LogP contribution in [0.1, 0.15) is 22.3 Å². The number of aryl methyl sites for hydroxylation is 1. The maximum absolute atomic E-state index is 13.3. The first-order valence-corrected chi connectivity index (χ1v) is 13.8. The highest BCUT2D eigenvalue weighted by atomic mass is 32.2. The number of rotatable bonds is 11. The van der Waals surface area contributed by atoms with Gasteiger partial charge in [0, 0.05) is 12.0 Å². The molecule has 2 atom stereocenters. The third-order valence-electron chi connectivity index (χ3n) is 5.82. The van der Waals surface area contributed by atoms with E-state index in [0.29, 0.717) is 16.7 Å². The van der Waals surface area contributed by atoms with E-state index in [2.05, 4.69) is 27.2 Å². The van der Waals surface area contributed by atoms with Crippen LogP contribution >= 0.6 is 0 Å². The Balaban J connectivity index is 1.75. The van der Waals surface area contributed by atoms with Crippen LogP contribution in [0.25, 0.3) is 0 Å². The van der Waals surface area contributed by atoms with Gasteiger partial charge in [0.25, 0.3) is 0 Å². The van der Waals surface area contributed by atoms with Crippen molar-refractivity contribution in [1.29, 1.82) is 0 Å². The monoisotopic (exact) mass is 562 g/mol. The zero-order chi connectivity index (χ0) is 29.1. The molecule has 3 aromatic rings. The second kappa shape index (κ2) is 13.9. The number of hydrogen-bond acceptors (Lipinski definition) is 5. The van der Waals surface area contributed by atoms with E-state index in [1.807, 2.05) is 6.92 Å². The number of amides is 3. The van der Waals surface area contributed by atoms with E-state index in [-0.39, 0.29) is 24.3 Å². The van der Waals surface area contributed by atoms with Gasteiger partial charge < -0.3 is 21.5 Å². The summed E-state index contributed by atoms with van der Waals surface area (Å²) in [4.78, 5) is 36.0. The number of sulfonamides is 1. The number of nitrogens with one attached hydrogen (secondary N) is 3. The summed E-state index contributed by atoms with van der Waals surface area (Å²) in [6.45, 7) is 1.91. The Kier molecular flexibility index (Phi) is 10.4. The molecule has 6 N–H and O–H groups in total. The molecule has 0 fully saturated rings. The van der Waals surface area contributed by atoms with Crippen LogP contribution in [0.3, 0.4) is 0 Å². The van der Waals surface area contributed by atoms with Crippen molar-refractivity contribution in [2.75, 3.05) is 6.54 Å². The fourth-order valence-electron chi connectivity index (χ4n) is 3.72. The molecular formula is C29H30N4O6S. The van der Waals surface area contributed by atoms with Crippen molar-refractivity contribution < 1.29 is 27.9 Å². The number of carboxylic acid groups (broad SMARTS) is 1. The van der Waals surface area contributed by atoms with Gasteiger partial charge in [-0.1, -0.05) is 72.0 Å². The van der Waals surface area contributed by atoms with Crippen molar-refractivity contribution in [3.8, 4) is 11.8 Å². The Hall–Kier alpha value is -4.66. The van der Waals surface area contributed by atoms with E-state index in [1.54, 1.807) is 66.7 Å². The number of carbonyl (C=O) groups is 3. The molecule has 0 aliphatic carbocycles. The highest BCUT2D eigenvalue weighted by Gasteiger charge is 2.29. The largest absolute Gasteiger partial charge is 0.480 e. The Morgan fingerprint density at radius 3 is 2.08 bits per heavy atom. The van der Waals surface area contributed by atoms with Crippen molar-refractivity contribution >= 4 is 27.9 Å². The van der Waals surface area contributed by atoms with E-state index >= 15 is 0 Å². The van der Waals surface area contributed by atoms with Crippen LogP contribution in [0.4, 0.5) is 4.79 Å². The number of carbonyl (C=O) groups excluding carboxylic acids is 2. The molecule has 0 bridgehead atoms. The van der Waals surface area contributed by atoms with Crippen LogP contribution < -0.4 is 21.1 Å². The highest BCUT2D eigenvalue weighted by Crippen LogP contribution is 2.13. The van der Waals surface area contributed by atoms with Crippen molar-refractivity contribution in [2.24, 2.45) is 5.73 Å². The first kappa shape index (κ1) is 29.9. The standard InChI is InChI=1S/C29H30N4O6S/c1-20-9-15-24(16-10-20)40(38,39)33-25(18-22-6-3-2-4-7-22)27(34)32-26(28(35)36)19-23-13-11-21(12-14-23)8-5-17-31-29(30)37/h2-4,6-7,9-16,25-26,33H,17-19H2,1H3,(H,32,34)(H,35,36)(H3,30,31,37). The molecule has 0 saturated carbocycles. The third kappa shape index (κ3) is 9.27. The predicted octanol–water partition coefficient (Wildman–Crippen LogP) is 1.72. The minimum atomic E-state index is -4.08. The number of benzene rings is 3. The average molecular weight is 563 g/mol. The average Bonchev–Trinajstić information content (AvgIpc) is 2.91. The van der Waals surface area contributed by atoms with Crippen molar-refractivity contribution in [2.45, 2.75) is 36.7 Å². The Labute approximate surface area is 233 Å². The molecule has 3 amide bonds. The van der Waals surface area contributed by atoms with Gasteiger partial charge >= 0.3 is 12.0 Å². The Morgan fingerprint density at radius 2 is 1.48 bits per heavy atom.